The van der Waals surface area contributed by atoms with E-state index in [1.54, 1.807) is 0 Å². The number of nitrogens with one attached hydrogen (secondary N) is 1. The van der Waals surface area contributed by atoms with Gasteiger partial charge in [-0.1, -0.05) is 32.1 Å². The molecule has 1 unspecified atom stereocenters. The van der Waals surface area contributed by atoms with Crippen LogP contribution in [0.25, 0.3) is 0 Å². The standard InChI is InChI=1S/C18H28N2OS/c1-14-11-13-22-17(14)16-10-6-3-7-12-20(16)18(21)19-15-8-4-2-5-9-15/h11,13,15-16H,2-10,12H2,1H3,(H,19,21). The molecule has 1 atom stereocenters. The first-order chi connectivity index (χ1) is 10.8. The highest BCUT2D eigenvalue weighted by Crippen LogP contribution is 2.35. The Morgan fingerprint density at radius 2 is 1.86 bits per heavy atom. The minimum absolute atomic E-state index is 0.173. The molecule has 3 nitrogen and oxygen atoms in total. The molecule has 0 bridgehead atoms. The molecule has 0 aromatic carbocycles. The van der Waals surface area contributed by atoms with Crippen molar-refractivity contribution in [2.45, 2.75) is 76.8 Å². The molecular weight excluding hydrogens is 292 g/mol. The molecule has 1 aromatic heterocycles. The first kappa shape index (κ1) is 15.9. The van der Waals surface area contributed by atoms with E-state index in [1.807, 2.05) is 11.3 Å². The summed E-state index contributed by atoms with van der Waals surface area (Å²) < 4.78 is 0. The Morgan fingerprint density at radius 3 is 2.59 bits per heavy atom. The molecule has 2 fully saturated rings. The first-order valence-corrected chi connectivity index (χ1v) is 9.75. The lowest BCUT2D eigenvalue weighted by atomic mass is 9.95. The van der Waals surface area contributed by atoms with Crippen LogP contribution in [-0.2, 0) is 0 Å². The van der Waals surface area contributed by atoms with Crippen LogP contribution in [0.3, 0.4) is 0 Å². The Balaban J connectivity index is 1.72. The summed E-state index contributed by atoms with van der Waals surface area (Å²) in [5.41, 5.74) is 1.34. The van der Waals surface area contributed by atoms with E-state index in [1.165, 1.54) is 42.5 Å². The van der Waals surface area contributed by atoms with Crippen LogP contribution in [-0.4, -0.2) is 23.5 Å². The maximum Gasteiger partial charge on any atom is 0.318 e. The molecule has 1 saturated heterocycles. The lowest BCUT2D eigenvalue weighted by Gasteiger charge is -2.33. The molecule has 22 heavy (non-hydrogen) atoms. The number of likely N-dealkylation sites (tertiary alicyclic amines) is 1. The molecule has 1 aromatic rings. The molecule has 1 N–H and O–H groups in total. The van der Waals surface area contributed by atoms with Gasteiger partial charge in [-0.3, -0.25) is 0 Å². The van der Waals surface area contributed by atoms with Gasteiger partial charge in [-0.15, -0.1) is 11.3 Å². The molecule has 4 heteroatoms. The quantitative estimate of drug-likeness (QED) is 0.815. The molecule has 3 rings (SSSR count). The smallest absolute Gasteiger partial charge is 0.318 e. The summed E-state index contributed by atoms with van der Waals surface area (Å²) in [6.45, 7) is 3.08. The van der Waals surface area contributed by atoms with Crippen LogP contribution in [0.5, 0.6) is 0 Å². The van der Waals surface area contributed by atoms with Crippen LogP contribution < -0.4 is 5.32 Å². The number of thiophene rings is 1. The molecular formula is C18H28N2OS. The van der Waals surface area contributed by atoms with Crippen LogP contribution in [0, 0.1) is 6.92 Å². The van der Waals surface area contributed by atoms with E-state index in [4.69, 9.17) is 0 Å². The van der Waals surface area contributed by atoms with Crippen molar-refractivity contribution >= 4 is 17.4 Å². The van der Waals surface area contributed by atoms with E-state index in [9.17, 15) is 4.79 Å². The molecule has 0 spiro atoms. The van der Waals surface area contributed by atoms with Crippen molar-refractivity contribution in [1.29, 1.82) is 0 Å². The third-order valence-electron chi connectivity index (χ3n) is 5.15. The maximum absolute atomic E-state index is 12.9. The Hall–Kier alpha value is -1.03. The first-order valence-electron chi connectivity index (χ1n) is 8.87. The van der Waals surface area contributed by atoms with E-state index in [2.05, 4.69) is 28.6 Å². The monoisotopic (exact) mass is 320 g/mol. The zero-order valence-corrected chi connectivity index (χ0v) is 14.5. The highest BCUT2D eigenvalue weighted by Gasteiger charge is 2.29. The summed E-state index contributed by atoms with van der Waals surface area (Å²) in [7, 11) is 0. The van der Waals surface area contributed by atoms with Crippen LogP contribution in [0.4, 0.5) is 4.79 Å². The van der Waals surface area contributed by atoms with Crippen molar-refractivity contribution < 1.29 is 4.79 Å². The number of carbonyl (C=O) groups is 1. The van der Waals surface area contributed by atoms with Gasteiger partial charge in [-0.25, -0.2) is 4.79 Å². The number of carbonyl (C=O) groups excluding carboxylic acids is 1. The van der Waals surface area contributed by atoms with Crippen molar-refractivity contribution in [3.05, 3.63) is 21.9 Å². The Labute approximate surface area is 138 Å². The van der Waals surface area contributed by atoms with E-state index in [0.717, 1.165) is 32.2 Å². The van der Waals surface area contributed by atoms with E-state index < -0.39 is 0 Å². The summed E-state index contributed by atoms with van der Waals surface area (Å²) >= 11 is 1.81. The highest BCUT2D eigenvalue weighted by molar-refractivity contribution is 7.10. The second-order valence-corrected chi connectivity index (χ2v) is 7.76. The van der Waals surface area contributed by atoms with Gasteiger partial charge in [-0.05, 0) is 49.6 Å². The third-order valence-corrected chi connectivity index (χ3v) is 6.27. The van der Waals surface area contributed by atoms with Gasteiger partial charge in [0, 0.05) is 17.5 Å². The fourth-order valence-electron chi connectivity index (χ4n) is 3.85. The molecule has 1 saturated carbocycles. The normalized spacial score (nSPS) is 24.0. The van der Waals surface area contributed by atoms with Crippen molar-refractivity contribution in [3.8, 4) is 0 Å². The predicted octanol–water partition coefficient (Wildman–Crippen LogP) is 5.02. The summed E-state index contributed by atoms with van der Waals surface area (Å²) in [4.78, 5) is 16.4. The molecule has 1 aliphatic heterocycles. The maximum atomic E-state index is 12.9. The summed E-state index contributed by atoms with van der Waals surface area (Å²) in [6, 6.07) is 3.04. The summed E-state index contributed by atoms with van der Waals surface area (Å²) in [5.74, 6) is 0. The third kappa shape index (κ3) is 3.65. The summed E-state index contributed by atoms with van der Waals surface area (Å²) in [5, 5.41) is 5.48. The molecule has 122 valence electrons. The second kappa shape index (κ2) is 7.49. The molecule has 2 amide bonds. The Bertz CT molecular complexity index is 493. The van der Waals surface area contributed by atoms with Crippen LogP contribution in [0.1, 0.15) is 74.3 Å². The second-order valence-electron chi connectivity index (χ2n) is 6.81. The fraction of sp³-hybridized carbons (Fsp3) is 0.722. The molecule has 2 heterocycles. The van der Waals surface area contributed by atoms with Crippen LogP contribution in [0.2, 0.25) is 0 Å². The number of hydrogen-bond donors (Lipinski definition) is 1. The van der Waals surface area contributed by atoms with Gasteiger partial charge >= 0.3 is 6.03 Å². The SMILES string of the molecule is Cc1ccsc1C1CCCCCN1C(=O)NC1CCCCC1. The van der Waals surface area contributed by atoms with Gasteiger partial charge < -0.3 is 10.2 Å². The van der Waals surface area contributed by atoms with E-state index in [0.29, 0.717) is 6.04 Å². The van der Waals surface area contributed by atoms with E-state index in [-0.39, 0.29) is 12.1 Å². The minimum atomic E-state index is 0.173. The van der Waals surface area contributed by atoms with Crippen molar-refractivity contribution in [1.82, 2.24) is 10.2 Å². The van der Waals surface area contributed by atoms with Gasteiger partial charge in [0.2, 0.25) is 0 Å². The fourth-order valence-corrected chi connectivity index (χ4v) is 4.93. The number of urea groups is 1. The van der Waals surface area contributed by atoms with Crippen LogP contribution >= 0.6 is 11.3 Å². The zero-order valence-electron chi connectivity index (χ0n) is 13.6. The predicted molar refractivity (Wildman–Crippen MR) is 92.4 cm³/mol. The molecule has 0 radical (unpaired) electrons. The average Bonchev–Trinajstić information content (AvgIpc) is 2.81. The number of hydrogen-bond acceptors (Lipinski definition) is 2. The lowest BCUT2D eigenvalue weighted by Crippen LogP contribution is -2.46. The van der Waals surface area contributed by atoms with Gasteiger partial charge in [0.05, 0.1) is 6.04 Å². The van der Waals surface area contributed by atoms with Crippen molar-refractivity contribution in [2.75, 3.05) is 6.54 Å². The lowest BCUT2D eigenvalue weighted by molar-refractivity contribution is 0.169. The molecule has 1 aliphatic carbocycles. The highest BCUT2D eigenvalue weighted by atomic mass is 32.1. The van der Waals surface area contributed by atoms with Gasteiger partial charge in [0.15, 0.2) is 0 Å². The van der Waals surface area contributed by atoms with Gasteiger partial charge in [0.25, 0.3) is 0 Å². The number of amides is 2. The Morgan fingerprint density at radius 1 is 1.14 bits per heavy atom. The van der Waals surface area contributed by atoms with Crippen LogP contribution in [0.15, 0.2) is 11.4 Å². The topological polar surface area (TPSA) is 32.3 Å². The number of rotatable bonds is 2. The minimum Gasteiger partial charge on any atom is -0.335 e. The largest absolute Gasteiger partial charge is 0.335 e. The summed E-state index contributed by atoms with van der Waals surface area (Å²) in [6.07, 6.45) is 10.9. The van der Waals surface area contributed by atoms with Gasteiger partial charge in [-0.2, -0.15) is 0 Å². The van der Waals surface area contributed by atoms with Crippen molar-refractivity contribution in [2.24, 2.45) is 0 Å². The molecule has 2 aliphatic rings. The number of aryl methyl sites for hydroxylation is 1. The average molecular weight is 321 g/mol. The van der Waals surface area contributed by atoms with Gasteiger partial charge in [0.1, 0.15) is 0 Å². The Kier molecular flexibility index (Phi) is 5.40. The number of nitrogens with zero attached hydrogens (tertiary/aromatic N) is 1. The zero-order chi connectivity index (χ0) is 15.4. The van der Waals surface area contributed by atoms with E-state index >= 15 is 0 Å². The van der Waals surface area contributed by atoms with Crippen molar-refractivity contribution in [3.63, 3.8) is 0 Å².